The molecule has 3 N–H and O–H groups in total. The number of aromatic hydroxyl groups is 1. The Hall–Kier alpha value is -3.76. The molecular formula is C31H36FN7O2. The summed E-state index contributed by atoms with van der Waals surface area (Å²) in [7, 11) is 0. The first-order valence-corrected chi connectivity index (χ1v) is 14.8. The van der Waals surface area contributed by atoms with E-state index in [1.54, 1.807) is 0 Å². The summed E-state index contributed by atoms with van der Waals surface area (Å²) < 4.78 is 14.2. The van der Waals surface area contributed by atoms with Crippen molar-refractivity contribution in [3.63, 3.8) is 0 Å². The van der Waals surface area contributed by atoms with Crippen LogP contribution in [-0.4, -0.2) is 90.7 Å². The molecular weight excluding hydrogens is 521 g/mol. The normalized spacial score (nSPS) is 20.1. The lowest BCUT2D eigenvalue weighted by Crippen LogP contribution is -2.64. The van der Waals surface area contributed by atoms with Crippen LogP contribution in [0.3, 0.4) is 0 Å². The van der Waals surface area contributed by atoms with Crippen molar-refractivity contribution in [2.45, 2.75) is 58.2 Å². The first kappa shape index (κ1) is 26.2. The number of benzene rings is 2. The molecule has 41 heavy (non-hydrogen) atoms. The lowest BCUT2D eigenvalue weighted by Gasteiger charge is -2.47. The van der Waals surface area contributed by atoms with E-state index >= 15 is 0 Å². The van der Waals surface area contributed by atoms with Gasteiger partial charge in [0.05, 0.1) is 22.9 Å². The first-order valence-electron chi connectivity index (χ1n) is 14.8. The van der Waals surface area contributed by atoms with E-state index in [2.05, 4.69) is 31.9 Å². The molecule has 7 rings (SSSR count). The van der Waals surface area contributed by atoms with Gasteiger partial charge in [0.2, 0.25) is 5.91 Å². The van der Waals surface area contributed by atoms with Crippen molar-refractivity contribution in [1.82, 2.24) is 34.9 Å². The lowest BCUT2D eigenvalue weighted by molar-refractivity contribution is -0.145. The number of likely N-dealkylation sites (N-methyl/N-ethyl adjacent to an activating group) is 1. The molecule has 0 spiro atoms. The molecule has 1 amide bonds. The van der Waals surface area contributed by atoms with E-state index < -0.39 is 5.82 Å². The molecule has 2 aromatic heterocycles. The number of halogens is 1. The quantitative estimate of drug-likeness (QED) is 0.330. The fourth-order valence-corrected chi connectivity index (χ4v) is 6.78. The van der Waals surface area contributed by atoms with Crippen LogP contribution in [0.4, 0.5) is 4.39 Å². The number of amides is 1. The van der Waals surface area contributed by atoms with Crippen LogP contribution in [0.5, 0.6) is 5.75 Å². The van der Waals surface area contributed by atoms with Crippen molar-refractivity contribution in [2.75, 3.05) is 32.7 Å². The van der Waals surface area contributed by atoms with E-state index in [0.717, 1.165) is 77.4 Å². The van der Waals surface area contributed by atoms with Crippen molar-refractivity contribution in [1.29, 1.82) is 0 Å². The van der Waals surface area contributed by atoms with Crippen molar-refractivity contribution >= 4 is 16.8 Å². The Labute approximate surface area is 238 Å². The largest absolute Gasteiger partial charge is 0.505 e. The fraction of sp³-hybridized carbons (Fsp3) is 0.452. The van der Waals surface area contributed by atoms with Crippen LogP contribution < -0.4 is 0 Å². The van der Waals surface area contributed by atoms with E-state index in [1.807, 2.05) is 30.0 Å². The number of nitrogens with one attached hydrogen (secondary N) is 2. The average Bonchev–Trinajstić information content (AvgIpc) is 3.71. The molecule has 9 nitrogen and oxygen atoms in total. The van der Waals surface area contributed by atoms with Crippen LogP contribution in [-0.2, 0) is 24.2 Å². The highest BCUT2D eigenvalue weighted by molar-refractivity contribution is 5.94. The molecule has 2 aromatic carbocycles. The number of carbonyl (C=O) groups is 1. The number of H-pyrrole nitrogens is 2. The Kier molecular flexibility index (Phi) is 6.54. The molecule has 4 aromatic rings. The molecule has 10 heteroatoms. The zero-order chi connectivity index (χ0) is 28.2. The van der Waals surface area contributed by atoms with Crippen molar-refractivity contribution in [2.24, 2.45) is 0 Å². The monoisotopic (exact) mass is 557 g/mol. The molecule has 1 atom stereocenters. The summed E-state index contributed by atoms with van der Waals surface area (Å²) in [5.41, 5.74) is 5.96. The molecule has 0 radical (unpaired) electrons. The molecule has 0 bridgehead atoms. The summed E-state index contributed by atoms with van der Waals surface area (Å²) in [5.74, 6) is -0.0744. The highest BCUT2D eigenvalue weighted by atomic mass is 19.1. The van der Waals surface area contributed by atoms with Crippen LogP contribution in [0, 0.1) is 5.82 Å². The molecule has 5 heterocycles. The third-order valence-corrected chi connectivity index (χ3v) is 9.23. The number of aromatic amines is 2. The molecule has 2 fully saturated rings. The summed E-state index contributed by atoms with van der Waals surface area (Å²) in [6.07, 6.45) is 3.79. The van der Waals surface area contributed by atoms with Gasteiger partial charge < -0.3 is 15.0 Å². The lowest BCUT2D eigenvalue weighted by atomic mass is 9.96. The Morgan fingerprint density at radius 1 is 1.15 bits per heavy atom. The molecule has 3 aliphatic rings. The van der Waals surface area contributed by atoms with Gasteiger partial charge in [-0.1, -0.05) is 19.9 Å². The summed E-state index contributed by atoms with van der Waals surface area (Å²) in [5, 5.41) is 18.4. The van der Waals surface area contributed by atoms with Gasteiger partial charge in [-0.2, -0.15) is 5.10 Å². The standard InChI is InChI=1S/C31H36FN7O2/c1-3-18-12-28(40)23(32)13-22(18)19-7-8-21-24(11-19)35-36-29(21)30-33-25-14-27(37(4-2)17-26(25)34-30)31(41)39-15-20(16-39)38-9-5-6-10-38/h7-8,11-13,20,27,40H,3-6,9-10,14-17H2,1-2H3,(H,33,34)(H,35,36). The number of hydrogen-bond acceptors (Lipinski definition) is 6. The third kappa shape index (κ3) is 4.49. The number of fused-ring (bicyclic) bond motifs is 2. The van der Waals surface area contributed by atoms with Crippen LogP contribution in [0.25, 0.3) is 33.5 Å². The first-order chi connectivity index (χ1) is 19.9. The van der Waals surface area contributed by atoms with Crippen molar-refractivity contribution in [3.05, 3.63) is 53.1 Å². The summed E-state index contributed by atoms with van der Waals surface area (Å²) in [6.45, 7) is 9.52. The SMILES string of the molecule is CCc1cc(O)c(F)cc1-c1ccc2c(-c3nc4c([nH]3)CN(CC)C(C(=O)N3CC(N5CCCC5)C3)C4)n[nH]c2c1. The highest BCUT2D eigenvalue weighted by Gasteiger charge is 2.41. The number of phenols is 1. The van der Waals surface area contributed by atoms with E-state index in [9.17, 15) is 14.3 Å². The summed E-state index contributed by atoms with van der Waals surface area (Å²) in [4.78, 5) is 28.8. The number of phenolic OH excluding ortho intramolecular Hbond substituents is 1. The van der Waals surface area contributed by atoms with E-state index in [4.69, 9.17) is 4.98 Å². The van der Waals surface area contributed by atoms with Gasteiger partial charge in [0, 0.05) is 37.5 Å². The molecule has 0 aliphatic carbocycles. The van der Waals surface area contributed by atoms with E-state index in [1.165, 1.54) is 25.0 Å². The predicted octanol–water partition coefficient (Wildman–Crippen LogP) is 4.08. The summed E-state index contributed by atoms with van der Waals surface area (Å²) >= 11 is 0. The van der Waals surface area contributed by atoms with Crippen LogP contribution in [0.1, 0.15) is 43.6 Å². The molecule has 1 unspecified atom stereocenters. The third-order valence-electron chi connectivity index (χ3n) is 9.23. The Balaban J connectivity index is 1.12. The summed E-state index contributed by atoms with van der Waals surface area (Å²) in [6, 6.07) is 9.08. The topological polar surface area (TPSA) is 104 Å². The predicted molar refractivity (Wildman–Crippen MR) is 155 cm³/mol. The second-order valence-corrected chi connectivity index (χ2v) is 11.6. The number of aromatic nitrogens is 4. The maximum Gasteiger partial charge on any atom is 0.240 e. The number of imidazole rings is 1. The number of likely N-dealkylation sites (tertiary alicyclic amines) is 2. The van der Waals surface area contributed by atoms with Gasteiger partial charge in [0.15, 0.2) is 17.4 Å². The minimum atomic E-state index is -0.637. The number of carbonyl (C=O) groups excluding carboxylic acids is 1. The van der Waals surface area contributed by atoms with Crippen molar-refractivity contribution < 1.29 is 14.3 Å². The fourth-order valence-electron chi connectivity index (χ4n) is 6.78. The highest BCUT2D eigenvalue weighted by Crippen LogP contribution is 2.34. The molecule has 3 aliphatic heterocycles. The maximum atomic E-state index is 14.2. The van der Waals surface area contributed by atoms with Gasteiger partial charge in [-0.05, 0) is 79.9 Å². The molecule has 2 saturated heterocycles. The minimum absolute atomic E-state index is 0.194. The van der Waals surface area contributed by atoms with Gasteiger partial charge >= 0.3 is 0 Å². The van der Waals surface area contributed by atoms with E-state index in [-0.39, 0.29) is 17.7 Å². The van der Waals surface area contributed by atoms with Crippen LogP contribution in [0.2, 0.25) is 0 Å². The second kappa shape index (κ2) is 10.3. The number of nitrogens with zero attached hydrogens (tertiary/aromatic N) is 5. The zero-order valence-corrected chi connectivity index (χ0v) is 23.6. The number of aryl methyl sites for hydroxylation is 1. The van der Waals surface area contributed by atoms with E-state index in [0.29, 0.717) is 31.3 Å². The Morgan fingerprint density at radius 2 is 1.95 bits per heavy atom. The Morgan fingerprint density at radius 3 is 2.71 bits per heavy atom. The van der Waals surface area contributed by atoms with Crippen molar-refractivity contribution in [3.8, 4) is 28.4 Å². The van der Waals surface area contributed by atoms with Gasteiger partial charge in [0.25, 0.3) is 0 Å². The van der Waals surface area contributed by atoms with Gasteiger partial charge in [-0.25, -0.2) is 9.37 Å². The van der Waals surface area contributed by atoms with Gasteiger partial charge in [0.1, 0.15) is 5.69 Å². The zero-order valence-electron chi connectivity index (χ0n) is 23.6. The van der Waals surface area contributed by atoms with Gasteiger partial charge in [-0.3, -0.25) is 19.7 Å². The van der Waals surface area contributed by atoms with Crippen LogP contribution >= 0.6 is 0 Å². The number of rotatable bonds is 6. The average molecular weight is 558 g/mol. The minimum Gasteiger partial charge on any atom is -0.505 e. The van der Waals surface area contributed by atoms with Gasteiger partial charge in [-0.15, -0.1) is 0 Å². The maximum absolute atomic E-state index is 14.2. The molecule has 214 valence electrons. The number of hydrogen-bond donors (Lipinski definition) is 3. The smallest absolute Gasteiger partial charge is 0.240 e. The second-order valence-electron chi connectivity index (χ2n) is 11.6. The Bertz CT molecular complexity index is 1620. The van der Waals surface area contributed by atoms with Crippen LogP contribution in [0.15, 0.2) is 30.3 Å². The molecule has 0 saturated carbocycles.